The molecule has 0 radical (unpaired) electrons. The summed E-state index contributed by atoms with van der Waals surface area (Å²) in [6.45, 7) is 8.71. The zero-order valence-electron chi connectivity index (χ0n) is 20.3. The maximum atomic E-state index is 13.1. The SMILES string of the molecule is CNC(=O)c1cc(C(=O)NC2C3CN(C(=O)OC(C)(C)C)CC32)cc(Cc2cccc(C)c2)n1. The van der Waals surface area contributed by atoms with Crippen molar-refractivity contribution in [1.29, 1.82) is 0 Å². The van der Waals surface area contributed by atoms with Gasteiger partial charge in [0.25, 0.3) is 11.8 Å². The summed E-state index contributed by atoms with van der Waals surface area (Å²) in [4.78, 5) is 43.8. The van der Waals surface area contributed by atoms with Crippen molar-refractivity contribution in [1.82, 2.24) is 20.5 Å². The molecule has 2 N–H and O–H groups in total. The molecular formula is C26H32N4O4. The number of rotatable bonds is 5. The fraction of sp³-hybridized carbons (Fsp3) is 0.462. The molecule has 1 saturated heterocycles. The number of nitrogens with zero attached hydrogens (tertiary/aromatic N) is 2. The third-order valence-electron chi connectivity index (χ3n) is 6.21. The lowest BCUT2D eigenvalue weighted by molar-refractivity contribution is 0.0269. The van der Waals surface area contributed by atoms with Crippen LogP contribution in [0.2, 0.25) is 0 Å². The van der Waals surface area contributed by atoms with E-state index in [1.807, 2.05) is 45.9 Å². The summed E-state index contributed by atoms with van der Waals surface area (Å²) < 4.78 is 5.45. The molecule has 3 amide bonds. The van der Waals surface area contributed by atoms with E-state index in [1.165, 1.54) is 6.07 Å². The van der Waals surface area contributed by atoms with Gasteiger partial charge in [0.15, 0.2) is 0 Å². The van der Waals surface area contributed by atoms with Crippen LogP contribution in [0, 0.1) is 18.8 Å². The Labute approximate surface area is 200 Å². The van der Waals surface area contributed by atoms with Crippen molar-refractivity contribution in [2.45, 2.75) is 45.8 Å². The van der Waals surface area contributed by atoms with Crippen LogP contribution in [0.25, 0.3) is 0 Å². The number of carbonyl (C=O) groups is 3. The summed E-state index contributed by atoms with van der Waals surface area (Å²) in [6.07, 6.45) is 0.210. The van der Waals surface area contributed by atoms with E-state index in [1.54, 1.807) is 18.0 Å². The fourth-order valence-electron chi connectivity index (χ4n) is 4.54. The monoisotopic (exact) mass is 464 g/mol. The van der Waals surface area contributed by atoms with Gasteiger partial charge in [-0.2, -0.15) is 0 Å². The van der Waals surface area contributed by atoms with Crippen LogP contribution >= 0.6 is 0 Å². The molecule has 1 aliphatic heterocycles. The molecule has 1 saturated carbocycles. The van der Waals surface area contributed by atoms with Crippen molar-refractivity contribution in [2.24, 2.45) is 11.8 Å². The van der Waals surface area contributed by atoms with Crippen molar-refractivity contribution in [2.75, 3.05) is 20.1 Å². The smallest absolute Gasteiger partial charge is 0.410 e. The number of hydrogen-bond donors (Lipinski definition) is 2. The second-order valence-corrected chi connectivity index (χ2v) is 10.2. The molecule has 1 aromatic carbocycles. The zero-order valence-corrected chi connectivity index (χ0v) is 20.3. The Morgan fingerprint density at radius 1 is 1.09 bits per heavy atom. The van der Waals surface area contributed by atoms with Crippen LogP contribution in [-0.4, -0.2) is 59.6 Å². The fourth-order valence-corrected chi connectivity index (χ4v) is 4.54. The molecule has 4 rings (SSSR count). The summed E-state index contributed by atoms with van der Waals surface area (Å²) in [6, 6.07) is 11.4. The topological polar surface area (TPSA) is 101 Å². The lowest BCUT2D eigenvalue weighted by Gasteiger charge is -2.26. The number of hydrogen-bond acceptors (Lipinski definition) is 5. The van der Waals surface area contributed by atoms with Crippen LogP contribution in [0.3, 0.4) is 0 Å². The van der Waals surface area contributed by atoms with Gasteiger partial charge in [0.2, 0.25) is 0 Å². The van der Waals surface area contributed by atoms with Crippen LogP contribution < -0.4 is 10.6 Å². The molecule has 8 nitrogen and oxygen atoms in total. The van der Waals surface area contributed by atoms with E-state index in [4.69, 9.17) is 4.74 Å². The lowest BCUT2D eigenvalue weighted by atomic mass is 10.0. The van der Waals surface area contributed by atoms with E-state index >= 15 is 0 Å². The summed E-state index contributed by atoms with van der Waals surface area (Å²) in [5.41, 5.74) is 2.95. The Balaban J connectivity index is 1.43. The normalized spacial score (nSPS) is 21.0. The molecule has 0 spiro atoms. The Kier molecular flexibility index (Phi) is 6.34. The van der Waals surface area contributed by atoms with Crippen molar-refractivity contribution in [3.05, 3.63) is 64.5 Å². The largest absolute Gasteiger partial charge is 0.444 e. The molecule has 2 aliphatic rings. The molecule has 2 unspecified atom stereocenters. The highest BCUT2D eigenvalue weighted by molar-refractivity contribution is 5.99. The van der Waals surface area contributed by atoms with Gasteiger partial charge in [-0.3, -0.25) is 9.59 Å². The molecule has 2 fully saturated rings. The first kappa shape index (κ1) is 23.7. The molecule has 2 aromatic rings. The van der Waals surface area contributed by atoms with Gasteiger partial charge >= 0.3 is 6.09 Å². The van der Waals surface area contributed by atoms with Crippen LogP contribution in [0.1, 0.15) is 58.4 Å². The van der Waals surface area contributed by atoms with Gasteiger partial charge in [0.05, 0.1) is 0 Å². The number of aromatic nitrogens is 1. The highest BCUT2D eigenvalue weighted by Crippen LogP contribution is 2.46. The maximum Gasteiger partial charge on any atom is 0.410 e. The van der Waals surface area contributed by atoms with E-state index in [0.29, 0.717) is 30.8 Å². The van der Waals surface area contributed by atoms with E-state index in [0.717, 1.165) is 11.1 Å². The van der Waals surface area contributed by atoms with Crippen LogP contribution in [0.15, 0.2) is 36.4 Å². The van der Waals surface area contributed by atoms with E-state index in [9.17, 15) is 14.4 Å². The number of ether oxygens (including phenoxy) is 1. The number of carbonyl (C=O) groups excluding carboxylic acids is 3. The summed E-state index contributed by atoms with van der Waals surface area (Å²) >= 11 is 0. The van der Waals surface area contributed by atoms with Gasteiger partial charge in [-0.25, -0.2) is 9.78 Å². The molecule has 0 bridgehead atoms. The predicted molar refractivity (Wildman–Crippen MR) is 128 cm³/mol. The molecule has 180 valence electrons. The summed E-state index contributed by atoms with van der Waals surface area (Å²) in [5, 5.41) is 5.67. The Morgan fingerprint density at radius 2 is 1.79 bits per heavy atom. The average Bonchev–Trinajstić information content (AvgIpc) is 3.18. The number of pyridine rings is 1. The van der Waals surface area contributed by atoms with Gasteiger partial charge in [0.1, 0.15) is 11.3 Å². The van der Waals surface area contributed by atoms with Crippen LogP contribution in [0.4, 0.5) is 4.79 Å². The van der Waals surface area contributed by atoms with Crippen molar-refractivity contribution in [3.63, 3.8) is 0 Å². The van der Waals surface area contributed by atoms with Crippen molar-refractivity contribution in [3.8, 4) is 0 Å². The van der Waals surface area contributed by atoms with E-state index in [-0.39, 0.29) is 41.5 Å². The zero-order chi connectivity index (χ0) is 24.6. The van der Waals surface area contributed by atoms with Gasteiger partial charge in [-0.1, -0.05) is 29.8 Å². The number of fused-ring (bicyclic) bond motifs is 1. The maximum absolute atomic E-state index is 13.1. The predicted octanol–water partition coefficient (Wildman–Crippen LogP) is 2.94. The number of amides is 3. The molecule has 2 heterocycles. The third kappa shape index (κ3) is 5.38. The number of likely N-dealkylation sites (tertiary alicyclic amines) is 1. The van der Waals surface area contributed by atoms with Gasteiger partial charge in [-0.15, -0.1) is 0 Å². The first-order valence-corrected chi connectivity index (χ1v) is 11.6. The first-order valence-electron chi connectivity index (χ1n) is 11.6. The lowest BCUT2D eigenvalue weighted by Crippen LogP contribution is -2.40. The minimum absolute atomic E-state index is 0.0167. The van der Waals surface area contributed by atoms with Crippen LogP contribution in [0.5, 0.6) is 0 Å². The number of benzene rings is 1. The highest BCUT2D eigenvalue weighted by atomic mass is 16.6. The second-order valence-electron chi connectivity index (χ2n) is 10.2. The Morgan fingerprint density at radius 3 is 2.41 bits per heavy atom. The summed E-state index contributed by atoms with van der Waals surface area (Å²) in [5.74, 6) is -0.121. The first-order chi connectivity index (χ1) is 16.0. The molecular weight excluding hydrogens is 432 g/mol. The third-order valence-corrected chi connectivity index (χ3v) is 6.21. The van der Waals surface area contributed by atoms with Crippen molar-refractivity contribution < 1.29 is 19.1 Å². The molecule has 1 aromatic heterocycles. The van der Waals surface area contributed by atoms with Crippen molar-refractivity contribution >= 4 is 17.9 Å². The van der Waals surface area contributed by atoms with E-state index < -0.39 is 5.60 Å². The van der Waals surface area contributed by atoms with E-state index in [2.05, 4.69) is 21.7 Å². The number of aryl methyl sites for hydroxylation is 1. The van der Waals surface area contributed by atoms with Gasteiger partial charge in [-0.05, 0) is 45.4 Å². The highest BCUT2D eigenvalue weighted by Gasteiger charge is 2.58. The standard InChI is InChI=1S/C26H32N4O4/c1-15-7-6-8-16(9-15)10-18-11-17(12-21(28-18)24(32)27-5)23(31)29-22-19-13-30(14-20(19)22)25(33)34-26(2,3)4/h6-9,11-12,19-20,22H,10,13-14H2,1-5H3,(H,27,32)(H,29,31). The second kappa shape index (κ2) is 9.08. The molecule has 2 atom stereocenters. The Hall–Kier alpha value is -3.42. The van der Waals surface area contributed by atoms with Gasteiger partial charge < -0.3 is 20.3 Å². The number of nitrogens with one attached hydrogen (secondary N) is 2. The molecule has 34 heavy (non-hydrogen) atoms. The average molecular weight is 465 g/mol. The summed E-state index contributed by atoms with van der Waals surface area (Å²) in [7, 11) is 1.54. The molecule has 8 heteroatoms. The molecule has 1 aliphatic carbocycles. The minimum Gasteiger partial charge on any atom is -0.444 e. The minimum atomic E-state index is -0.530. The number of piperidine rings is 1. The Bertz CT molecular complexity index is 1110. The van der Waals surface area contributed by atoms with Crippen LogP contribution in [-0.2, 0) is 11.2 Å². The van der Waals surface area contributed by atoms with Gasteiger partial charge in [0, 0.05) is 55.7 Å². The quantitative estimate of drug-likeness (QED) is 0.709.